The molecule has 1 aliphatic rings. The van der Waals surface area contributed by atoms with Crippen molar-refractivity contribution < 1.29 is 0 Å². The van der Waals surface area contributed by atoms with Gasteiger partial charge in [-0.1, -0.05) is 55.5 Å². The maximum atomic E-state index is 6.10. The first kappa shape index (κ1) is 20.7. The molecule has 5 heteroatoms. The first-order chi connectivity index (χ1) is 12.2. The summed E-state index contributed by atoms with van der Waals surface area (Å²) in [7, 11) is 0. The first-order valence-corrected chi connectivity index (χ1v) is 9.13. The molecule has 1 atom stereocenters. The maximum absolute atomic E-state index is 6.10. The van der Waals surface area contributed by atoms with E-state index in [9.17, 15) is 0 Å². The van der Waals surface area contributed by atoms with E-state index >= 15 is 0 Å². The Balaban J connectivity index is 0.00000243. The SMILES string of the molecule is CC1CCN(C(CN=C(N)Nc2ccccc2)c2ccccc2)CC1.I. The minimum absolute atomic E-state index is 0. The van der Waals surface area contributed by atoms with Crippen LogP contribution in [-0.2, 0) is 0 Å². The molecule has 4 nitrogen and oxygen atoms in total. The third kappa shape index (κ3) is 5.99. The highest BCUT2D eigenvalue weighted by atomic mass is 127. The van der Waals surface area contributed by atoms with Crippen molar-refractivity contribution in [1.29, 1.82) is 0 Å². The standard InChI is InChI=1S/C21H28N4.HI/c1-17-12-14-25(15-13-17)20(18-8-4-2-5-9-18)16-23-21(22)24-19-10-6-3-7-11-19;/h2-11,17,20H,12-16H2,1H3,(H3,22,23,24);1H. The van der Waals surface area contributed by atoms with Crippen LogP contribution in [0, 0.1) is 5.92 Å². The van der Waals surface area contributed by atoms with Crippen LogP contribution in [0.5, 0.6) is 0 Å². The Hall–Kier alpha value is -1.60. The van der Waals surface area contributed by atoms with Gasteiger partial charge in [-0.25, -0.2) is 0 Å². The van der Waals surface area contributed by atoms with E-state index in [2.05, 4.69) is 52.5 Å². The maximum Gasteiger partial charge on any atom is 0.193 e. The van der Waals surface area contributed by atoms with Gasteiger partial charge in [0.1, 0.15) is 0 Å². The molecule has 1 aliphatic heterocycles. The lowest BCUT2D eigenvalue weighted by Crippen LogP contribution is -2.38. The van der Waals surface area contributed by atoms with Crippen molar-refractivity contribution >= 4 is 35.6 Å². The number of anilines is 1. The second kappa shape index (κ2) is 10.5. The van der Waals surface area contributed by atoms with Crippen LogP contribution in [-0.4, -0.2) is 30.5 Å². The predicted octanol–water partition coefficient (Wildman–Crippen LogP) is 4.50. The lowest BCUT2D eigenvalue weighted by Gasteiger charge is -2.36. The van der Waals surface area contributed by atoms with Gasteiger partial charge in [0.25, 0.3) is 0 Å². The van der Waals surface area contributed by atoms with Crippen LogP contribution in [0.1, 0.15) is 31.4 Å². The second-order valence-corrected chi connectivity index (χ2v) is 6.86. The fourth-order valence-electron chi connectivity index (χ4n) is 3.34. The monoisotopic (exact) mass is 464 g/mol. The lowest BCUT2D eigenvalue weighted by molar-refractivity contribution is 0.141. The average Bonchev–Trinajstić information content (AvgIpc) is 2.65. The third-order valence-electron chi connectivity index (χ3n) is 4.92. The molecule has 2 aromatic carbocycles. The van der Waals surface area contributed by atoms with Gasteiger partial charge in [0.05, 0.1) is 12.6 Å². The van der Waals surface area contributed by atoms with Crippen molar-refractivity contribution in [2.24, 2.45) is 16.6 Å². The van der Waals surface area contributed by atoms with E-state index in [1.807, 2.05) is 30.3 Å². The number of likely N-dealkylation sites (tertiary alicyclic amines) is 1. The number of benzene rings is 2. The largest absolute Gasteiger partial charge is 0.370 e. The van der Waals surface area contributed by atoms with Gasteiger partial charge in [-0.3, -0.25) is 9.89 Å². The van der Waals surface area contributed by atoms with Gasteiger partial charge in [0.2, 0.25) is 0 Å². The molecule has 3 rings (SSSR count). The fraction of sp³-hybridized carbons (Fsp3) is 0.381. The zero-order valence-electron chi connectivity index (χ0n) is 15.3. The molecule has 0 radical (unpaired) electrons. The van der Waals surface area contributed by atoms with E-state index in [0.29, 0.717) is 12.5 Å². The van der Waals surface area contributed by atoms with Gasteiger partial charge in [-0.05, 0) is 49.5 Å². The summed E-state index contributed by atoms with van der Waals surface area (Å²) in [5, 5.41) is 3.17. The summed E-state index contributed by atoms with van der Waals surface area (Å²) in [4.78, 5) is 7.18. The second-order valence-electron chi connectivity index (χ2n) is 6.86. The normalized spacial score (nSPS) is 17.3. The Bertz CT molecular complexity index is 667. The van der Waals surface area contributed by atoms with Crippen LogP contribution in [0.4, 0.5) is 5.69 Å². The van der Waals surface area contributed by atoms with Gasteiger partial charge in [0, 0.05) is 5.69 Å². The van der Waals surface area contributed by atoms with Crippen LogP contribution in [0.25, 0.3) is 0 Å². The van der Waals surface area contributed by atoms with Gasteiger partial charge >= 0.3 is 0 Å². The number of hydrogen-bond donors (Lipinski definition) is 2. The van der Waals surface area contributed by atoms with E-state index in [1.165, 1.54) is 18.4 Å². The Morgan fingerprint density at radius 1 is 1.08 bits per heavy atom. The number of hydrogen-bond acceptors (Lipinski definition) is 2. The molecule has 0 bridgehead atoms. The molecule has 0 aliphatic carbocycles. The topological polar surface area (TPSA) is 53.6 Å². The first-order valence-electron chi connectivity index (χ1n) is 9.13. The average molecular weight is 464 g/mol. The molecule has 140 valence electrons. The molecular weight excluding hydrogens is 435 g/mol. The number of halogens is 1. The number of nitrogens with zero attached hydrogens (tertiary/aromatic N) is 2. The Morgan fingerprint density at radius 3 is 2.27 bits per heavy atom. The highest BCUT2D eigenvalue weighted by Gasteiger charge is 2.24. The van der Waals surface area contributed by atoms with Gasteiger partial charge in [-0.15, -0.1) is 24.0 Å². The smallest absolute Gasteiger partial charge is 0.193 e. The van der Waals surface area contributed by atoms with Crippen LogP contribution >= 0.6 is 24.0 Å². The number of piperidine rings is 1. The Kier molecular flexibility index (Phi) is 8.38. The number of aliphatic imine (C=N–C) groups is 1. The van der Waals surface area contributed by atoms with E-state index in [1.54, 1.807) is 0 Å². The zero-order chi connectivity index (χ0) is 17.5. The number of guanidine groups is 1. The Labute approximate surface area is 173 Å². The van der Waals surface area contributed by atoms with E-state index in [4.69, 9.17) is 5.73 Å². The summed E-state index contributed by atoms with van der Waals surface area (Å²) in [6, 6.07) is 20.9. The van der Waals surface area contributed by atoms with Crippen molar-refractivity contribution in [3.8, 4) is 0 Å². The van der Waals surface area contributed by atoms with Gasteiger partial charge in [0.15, 0.2) is 5.96 Å². The summed E-state index contributed by atoms with van der Waals surface area (Å²) in [5.41, 5.74) is 8.38. The molecule has 0 spiro atoms. The fourth-order valence-corrected chi connectivity index (χ4v) is 3.34. The van der Waals surface area contributed by atoms with Gasteiger partial charge in [-0.2, -0.15) is 0 Å². The zero-order valence-corrected chi connectivity index (χ0v) is 17.7. The van der Waals surface area contributed by atoms with Crippen LogP contribution in [0.3, 0.4) is 0 Å². The highest BCUT2D eigenvalue weighted by Crippen LogP contribution is 2.27. The molecule has 3 N–H and O–H groups in total. The van der Waals surface area contributed by atoms with E-state index in [0.717, 1.165) is 24.7 Å². The number of rotatable bonds is 5. The summed E-state index contributed by atoms with van der Waals surface area (Å²) in [5.74, 6) is 1.29. The van der Waals surface area contributed by atoms with Gasteiger partial charge < -0.3 is 11.1 Å². The molecule has 2 aromatic rings. The molecule has 26 heavy (non-hydrogen) atoms. The Morgan fingerprint density at radius 2 is 1.65 bits per heavy atom. The third-order valence-corrected chi connectivity index (χ3v) is 4.92. The number of nitrogens with two attached hydrogens (primary N) is 1. The van der Waals surface area contributed by atoms with Crippen molar-refractivity contribution in [1.82, 2.24) is 4.90 Å². The van der Waals surface area contributed by atoms with Crippen molar-refractivity contribution in [3.63, 3.8) is 0 Å². The number of nitrogens with one attached hydrogen (secondary N) is 1. The molecule has 1 heterocycles. The minimum atomic E-state index is 0. The summed E-state index contributed by atoms with van der Waals surface area (Å²) in [6.45, 7) is 5.27. The number of para-hydroxylation sites is 1. The molecule has 0 aromatic heterocycles. The van der Waals surface area contributed by atoms with E-state index < -0.39 is 0 Å². The van der Waals surface area contributed by atoms with Crippen LogP contribution in [0.2, 0.25) is 0 Å². The quantitative estimate of drug-likeness (QED) is 0.389. The van der Waals surface area contributed by atoms with Crippen molar-refractivity contribution in [3.05, 3.63) is 66.2 Å². The summed E-state index contributed by atoms with van der Waals surface area (Å²) in [6.07, 6.45) is 2.51. The molecule has 1 saturated heterocycles. The van der Waals surface area contributed by atoms with Crippen LogP contribution < -0.4 is 11.1 Å². The van der Waals surface area contributed by atoms with E-state index in [-0.39, 0.29) is 30.0 Å². The molecule has 1 fully saturated rings. The minimum Gasteiger partial charge on any atom is -0.370 e. The van der Waals surface area contributed by atoms with Crippen molar-refractivity contribution in [2.45, 2.75) is 25.8 Å². The van der Waals surface area contributed by atoms with Crippen molar-refractivity contribution in [2.75, 3.05) is 25.0 Å². The highest BCUT2D eigenvalue weighted by molar-refractivity contribution is 14.0. The molecule has 1 unspecified atom stereocenters. The summed E-state index contributed by atoms with van der Waals surface area (Å²) >= 11 is 0. The summed E-state index contributed by atoms with van der Waals surface area (Å²) < 4.78 is 0. The van der Waals surface area contributed by atoms with Crippen LogP contribution in [0.15, 0.2) is 65.7 Å². The predicted molar refractivity (Wildman–Crippen MR) is 121 cm³/mol. The molecular formula is C21H29IN4. The molecule has 0 amide bonds. The lowest BCUT2D eigenvalue weighted by atomic mass is 9.96. The molecule has 0 saturated carbocycles.